The molecule has 148 valence electrons. The monoisotopic (exact) mass is 406 g/mol. The number of hydrogen-bond acceptors (Lipinski definition) is 3. The van der Waals surface area contributed by atoms with Gasteiger partial charge in [0.15, 0.2) is 0 Å². The first-order chi connectivity index (χ1) is 14.2. The number of rotatable bonds is 4. The second kappa shape index (κ2) is 7.68. The van der Waals surface area contributed by atoms with Crippen LogP contribution in [0.25, 0.3) is 22.0 Å². The Morgan fingerprint density at radius 1 is 1.03 bits per heavy atom. The lowest BCUT2D eigenvalue weighted by molar-refractivity contribution is -0.134. The zero-order chi connectivity index (χ0) is 19.8. The van der Waals surface area contributed by atoms with Crippen LogP contribution >= 0.6 is 11.6 Å². The predicted octanol–water partition coefficient (Wildman–Crippen LogP) is 5.34. The molecule has 0 radical (unpaired) electrons. The summed E-state index contributed by atoms with van der Waals surface area (Å²) in [4.78, 5) is 18.7. The fraction of sp³-hybridized carbons (Fsp3) is 0.333. The first-order valence-electron chi connectivity index (χ1n) is 10.3. The average Bonchev–Trinajstić information content (AvgIpc) is 3.59. The lowest BCUT2D eigenvalue weighted by atomic mass is 10.0. The predicted molar refractivity (Wildman–Crippen MR) is 115 cm³/mol. The number of amides is 1. The van der Waals surface area contributed by atoms with E-state index in [2.05, 4.69) is 17.1 Å². The molecule has 1 aliphatic carbocycles. The summed E-state index contributed by atoms with van der Waals surface area (Å²) in [6.07, 6.45) is 5.84. The van der Waals surface area contributed by atoms with Crippen LogP contribution in [0.2, 0.25) is 5.02 Å². The molecule has 0 atom stereocenters. The molecule has 29 heavy (non-hydrogen) atoms. The van der Waals surface area contributed by atoms with Crippen LogP contribution in [-0.2, 0) is 4.79 Å². The number of carbonyl (C=O) groups excluding carboxylic acids is 1. The van der Waals surface area contributed by atoms with Gasteiger partial charge in [-0.1, -0.05) is 29.8 Å². The fourth-order valence-corrected chi connectivity index (χ4v) is 4.28. The number of hydrogen-bond donors (Lipinski definition) is 0. The largest absolute Gasteiger partial charge is 0.490 e. The molecule has 4 nitrogen and oxygen atoms in total. The molecule has 1 saturated heterocycles. The quantitative estimate of drug-likeness (QED) is 0.587. The van der Waals surface area contributed by atoms with Crippen molar-refractivity contribution in [2.75, 3.05) is 13.1 Å². The summed E-state index contributed by atoms with van der Waals surface area (Å²) in [7, 11) is 0. The maximum atomic E-state index is 12.2. The van der Waals surface area contributed by atoms with Crippen LogP contribution in [-0.4, -0.2) is 35.0 Å². The van der Waals surface area contributed by atoms with E-state index in [9.17, 15) is 4.79 Å². The molecule has 0 bridgehead atoms. The standard InChI is InChI=1S/C24H23ClN2O2/c25-22-14-20(29-19-9-11-27(12-10-19)24(28)16-5-6-16)7-8-21(22)18-13-17-3-1-2-4-23(17)26-15-18/h1-4,7-8,13-16,19H,5-6,9-12H2. The summed E-state index contributed by atoms with van der Waals surface area (Å²) in [5, 5.41) is 1.75. The fourth-order valence-electron chi connectivity index (χ4n) is 4.00. The minimum atomic E-state index is 0.127. The van der Waals surface area contributed by atoms with Crippen LogP contribution in [0.1, 0.15) is 25.7 Å². The first kappa shape index (κ1) is 18.4. The number of carbonyl (C=O) groups is 1. The Morgan fingerprint density at radius 3 is 2.59 bits per heavy atom. The average molecular weight is 407 g/mol. The molecule has 5 rings (SSSR count). The molecule has 2 heterocycles. The molecule has 2 fully saturated rings. The van der Waals surface area contributed by atoms with Crippen LogP contribution in [0.15, 0.2) is 54.7 Å². The van der Waals surface area contributed by atoms with Crippen molar-refractivity contribution in [1.82, 2.24) is 9.88 Å². The van der Waals surface area contributed by atoms with E-state index >= 15 is 0 Å². The molecule has 1 aromatic heterocycles. The minimum absolute atomic E-state index is 0.127. The van der Waals surface area contributed by atoms with Crippen LogP contribution in [0.5, 0.6) is 5.75 Å². The van der Waals surface area contributed by atoms with E-state index in [1.165, 1.54) is 0 Å². The summed E-state index contributed by atoms with van der Waals surface area (Å²) in [6.45, 7) is 1.57. The van der Waals surface area contributed by atoms with Gasteiger partial charge < -0.3 is 9.64 Å². The normalized spacial score (nSPS) is 17.5. The Kier molecular flexibility index (Phi) is 4.88. The number of benzene rings is 2. The number of para-hydroxylation sites is 1. The Morgan fingerprint density at radius 2 is 1.83 bits per heavy atom. The Hall–Kier alpha value is -2.59. The van der Waals surface area contributed by atoms with E-state index in [0.717, 1.165) is 66.6 Å². The number of aromatic nitrogens is 1. The van der Waals surface area contributed by atoms with Crippen LogP contribution < -0.4 is 4.74 Å². The van der Waals surface area contributed by atoms with Crippen molar-refractivity contribution >= 4 is 28.4 Å². The maximum absolute atomic E-state index is 12.2. The molecule has 0 spiro atoms. The third-order valence-corrected chi connectivity index (χ3v) is 6.14. The molecule has 5 heteroatoms. The molecule has 2 aromatic carbocycles. The zero-order valence-electron chi connectivity index (χ0n) is 16.2. The van der Waals surface area contributed by atoms with Gasteiger partial charge >= 0.3 is 0 Å². The first-order valence-corrected chi connectivity index (χ1v) is 10.7. The lowest BCUT2D eigenvalue weighted by Gasteiger charge is -2.32. The van der Waals surface area contributed by atoms with Gasteiger partial charge in [-0.2, -0.15) is 0 Å². The summed E-state index contributed by atoms with van der Waals surface area (Å²) >= 11 is 6.58. The molecule has 0 N–H and O–H groups in total. The Bertz CT molecular complexity index is 1060. The van der Waals surface area contributed by atoms with Crippen molar-refractivity contribution in [1.29, 1.82) is 0 Å². The van der Waals surface area contributed by atoms with E-state index in [0.29, 0.717) is 16.8 Å². The molecule has 3 aromatic rings. The highest BCUT2D eigenvalue weighted by Crippen LogP contribution is 2.34. The highest BCUT2D eigenvalue weighted by Gasteiger charge is 2.35. The van der Waals surface area contributed by atoms with Crippen molar-refractivity contribution in [3.05, 3.63) is 59.8 Å². The summed E-state index contributed by atoms with van der Waals surface area (Å²) in [5.41, 5.74) is 2.91. The van der Waals surface area contributed by atoms with E-state index in [1.54, 1.807) is 0 Å². The van der Waals surface area contributed by atoms with Crippen molar-refractivity contribution < 1.29 is 9.53 Å². The number of pyridine rings is 1. The third-order valence-electron chi connectivity index (χ3n) is 5.83. The number of nitrogens with zero attached hydrogens (tertiary/aromatic N) is 2. The Labute approximate surface area is 175 Å². The smallest absolute Gasteiger partial charge is 0.225 e. The summed E-state index contributed by atoms with van der Waals surface area (Å²) in [5.74, 6) is 1.41. The van der Waals surface area contributed by atoms with Gasteiger partial charge in [0.05, 0.1) is 10.5 Å². The van der Waals surface area contributed by atoms with Gasteiger partial charge in [0, 0.05) is 54.6 Å². The maximum Gasteiger partial charge on any atom is 0.225 e. The molecule has 2 aliphatic rings. The van der Waals surface area contributed by atoms with Gasteiger partial charge in [-0.05, 0) is 43.2 Å². The molecule has 0 unspecified atom stereocenters. The van der Waals surface area contributed by atoms with E-state index in [1.807, 2.05) is 47.5 Å². The SMILES string of the molecule is O=C(C1CC1)N1CCC(Oc2ccc(-c3cnc4ccccc4c3)c(Cl)c2)CC1. The van der Waals surface area contributed by atoms with Crippen LogP contribution in [0.3, 0.4) is 0 Å². The van der Waals surface area contributed by atoms with E-state index in [4.69, 9.17) is 16.3 Å². The highest BCUT2D eigenvalue weighted by atomic mass is 35.5. The minimum Gasteiger partial charge on any atom is -0.490 e. The molecular formula is C24H23ClN2O2. The molecule has 1 saturated carbocycles. The topological polar surface area (TPSA) is 42.4 Å². The molecule has 1 aliphatic heterocycles. The number of ether oxygens (including phenoxy) is 1. The van der Waals surface area contributed by atoms with Gasteiger partial charge in [-0.15, -0.1) is 0 Å². The second-order valence-electron chi connectivity index (χ2n) is 7.98. The Balaban J connectivity index is 1.26. The van der Waals surface area contributed by atoms with Gasteiger partial charge in [0.1, 0.15) is 11.9 Å². The number of fused-ring (bicyclic) bond motifs is 1. The van der Waals surface area contributed by atoms with Gasteiger partial charge in [0.25, 0.3) is 0 Å². The van der Waals surface area contributed by atoms with Crippen molar-refractivity contribution in [3.8, 4) is 16.9 Å². The van der Waals surface area contributed by atoms with E-state index in [-0.39, 0.29) is 6.10 Å². The van der Waals surface area contributed by atoms with Crippen molar-refractivity contribution in [2.24, 2.45) is 5.92 Å². The second-order valence-corrected chi connectivity index (χ2v) is 8.38. The van der Waals surface area contributed by atoms with Gasteiger partial charge in [-0.3, -0.25) is 9.78 Å². The van der Waals surface area contributed by atoms with Crippen LogP contribution in [0.4, 0.5) is 0 Å². The summed E-state index contributed by atoms with van der Waals surface area (Å²) < 4.78 is 6.16. The number of piperidine rings is 1. The third kappa shape index (κ3) is 3.95. The lowest BCUT2D eigenvalue weighted by Crippen LogP contribution is -2.42. The van der Waals surface area contributed by atoms with Crippen LogP contribution in [0, 0.1) is 5.92 Å². The van der Waals surface area contributed by atoms with Crippen molar-refractivity contribution in [3.63, 3.8) is 0 Å². The number of likely N-dealkylation sites (tertiary alicyclic amines) is 1. The zero-order valence-corrected chi connectivity index (χ0v) is 16.9. The van der Waals surface area contributed by atoms with Gasteiger partial charge in [0.2, 0.25) is 5.91 Å². The molecular weight excluding hydrogens is 384 g/mol. The summed E-state index contributed by atoms with van der Waals surface area (Å²) in [6, 6.07) is 16.0. The van der Waals surface area contributed by atoms with Crippen molar-refractivity contribution in [2.45, 2.75) is 31.8 Å². The number of halogens is 1. The van der Waals surface area contributed by atoms with Gasteiger partial charge in [-0.25, -0.2) is 0 Å². The highest BCUT2D eigenvalue weighted by molar-refractivity contribution is 6.33. The van der Waals surface area contributed by atoms with E-state index < -0.39 is 0 Å². The molecule has 1 amide bonds.